The Morgan fingerprint density at radius 1 is 1.08 bits per heavy atom. The van der Waals surface area contributed by atoms with Crippen molar-refractivity contribution in [2.45, 2.75) is 32.7 Å². The third-order valence-corrected chi connectivity index (χ3v) is 5.03. The number of H-pyrrole nitrogens is 1. The average molecular weight is 318 g/mol. The van der Waals surface area contributed by atoms with Gasteiger partial charge in [-0.25, -0.2) is 0 Å². The number of amides is 1. The Labute approximate surface area is 142 Å². The third kappa shape index (κ3) is 2.15. The van der Waals surface area contributed by atoms with Gasteiger partial charge in [-0.2, -0.15) is 0 Å². The first-order valence-corrected chi connectivity index (χ1v) is 8.69. The lowest BCUT2D eigenvalue weighted by Crippen LogP contribution is -2.30. The van der Waals surface area contributed by atoms with Crippen molar-refractivity contribution in [3.63, 3.8) is 0 Å². The summed E-state index contributed by atoms with van der Waals surface area (Å²) in [7, 11) is 0. The van der Waals surface area contributed by atoms with Crippen molar-refractivity contribution < 1.29 is 4.79 Å². The van der Waals surface area contributed by atoms with Crippen LogP contribution in [0, 0.1) is 6.92 Å². The maximum atomic E-state index is 13.0. The Balaban J connectivity index is 1.92. The number of hydrogen-bond acceptors (Lipinski definition) is 1. The number of para-hydroxylation sites is 1. The molecule has 1 aliphatic heterocycles. The molecule has 24 heavy (non-hydrogen) atoms. The van der Waals surface area contributed by atoms with E-state index in [1.807, 2.05) is 24.3 Å². The zero-order valence-corrected chi connectivity index (χ0v) is 14.2. The molecule has 3 heteroatoms. The number of nitrogens with one attached hydrogen (secondary N) is 1. The monoisotopic (exact) mass is 318 g/mol. The first-order chi connectivity index (χ1) is 11.7. The summed E-state index contributed by atoms with van der Waals surface area (Å²) < 4.78 is 0. The molecule has 0 saturated carbocycles. The smallest absolute Gasteiger partial charge is 0.255 e. The lowest BCUT2D eigenvalue weighted by Gasteiger charge is -2.26. The van der Waals surface area contributed by atoms with Gasteiger partial charge in [0.1, 0.15) is 0 Å². The third-order valence-electron chi connectivity index (χ3n) is 5.03. The zero-order chi connectivity index (χ0) is 16.7. The van der Waals surface area contributed by atoms with Crippen LogP contribution in [0.25, 0.3) is 10.9 Å². The van der Waals surface area contributed by atoms with E-state index in [1.54, 1.807) is 0 Å². The van der Waals surface area contributed by atoms with Gasteiger partial charge in [-0.15, -0.1) is 0 Å². The summed E-state index contributed by atoms with van der Waals surface area (Å²) in [5.41, 5.74) is 5.50. The van der Waals surface area contributed by atoms with Crippen LogP contribution in [0.15, 0.2) is 48.5 Å². The Kier molecular flexibility index (Phi) is 3.64. The Morgan fingerprint density at radius 2 is 1.83 bits per heavy atom. The molecule has 1 aromatic heterocycles. The second-order valence-electron chi connectivity index (χ2n) is 6.55. The lowest BCUT2D eigenvalue weighted by atomic mass is 9.95. The second-order valence-corrected chi connectivity index (χ2v) is 6.55. The van der Waals surface area contributed by atoms with E-state index in [2.05, 4.69) is 48.0 Å². The predicted molar refractivity (Wildman–Crippen MR) is 97.3 cm³/mol. The van der Waals surface area contributed by atoms with Crippen LogP contribution in [0.5, 0.6) is 0 Å². The van der Waals surface area contributed by atoms with E-state index in [4.69, 9.17) is 0 Å². The predicted octanol–water partition coefficient (Wildman–Crippen LogP) is 4.82. The van der Waals surface area contributed by atoms with Crippen molar-refractivity contribution in [2.24, 2.45) is 0 Å². The number of rotatable bonds is 4. The highest BCUT2D eigenvalue weighted by molar-refractivity contribution is 6.01. The minimum absolute atomic E-state index is 0.0106. The molecule has 1 amide bonds. The molecule has 1 atom stereocenters. The molecule has 0 saturated heterocycles. The van der Waals surface area contributed by atoms with E-state index in [0.717, 1.165) is 41.7 Å². The molecule has 0 radical (unpaired) electrons. The van der Waals surface area contributed by atoms with Crippen LogP contribution in [-0.4, -0.2) is 22.3 Å². The maximum Gasteiger partial charge on any atom is 0.255 e. The van der Waals surface area contributed by atoms with E-state index in [1.165, 1.54) is 10.9 Å². The molecule has 4 rings (SSSR count). The van der Waals surface area contributed by atoms with Gasteiger partial charge in [-0.3, -0.25) is 4.79 Å². The number of nitrogens with zero attached hydrogens (tertiary/aromatic N) is 1. The maximum absolute atomic E-state index is 13.0. The molecule has 0 bridgehead atoms. The van der Waals surface area contributed by atoms with E-state index < -0.39 is 0 Å². The fourth-order valence-corrected chi connectivity index (χ4v) is 3.89. The van der Waals surface area contributed by atoms with Gasteiger partial charge >= 0.3 is 0 Å². The Hall–Kier alpha value is -2.55. The number of aromatic amines is 1. The van der Waals surface area contributed by atoms with Crippen molar-refractivity contribution in [2.75, 3.05) is 6.54 Å². The summed E-state index contributed by atoms with van der Waals surface area (Å²) in [4.78, 5) is 18.5. The van der Waals surface area contributed by atoms with Gasteiger partial charge in [-0.05, 0) is 31.0 Å². The summed E-state index contributed by atoms with van der Waals surface area (Å²) in [6.07, 6.45) is 2.11. The summed E-state index contributed by atoms with van der Waals surface area (Å²) >= 11 is 0. The summed E-state index contributed by atoms with van der Waals surface area (Å²) in [5, 5.41) is 1.21. The van der Waals surface area contributed by atoms with Crippen LogP contribution in [0.3, 0.4) is 0 Å². The quantitative estimate of drug-likeness (QED) is 0.735. The average Bonchev–Trinajstić information content (AvgIpc) is 3.07. The van der Waals surface area contributed by atoms with Crippen molar-refractivity contribution in [3.05, 3.63) is 70.9 Å². The first kappa shape index (κ1) is 15.0. The molecule has 3 aromatic rings. The number of fused-ring (bicyclic) bond motifs is 2. The summed E-state index contributed by atoms with van der Waals surface area (Å²) in [6.45, 7) is 5.08. The van der Waals surface area contributed by atoms with Gasteiger partial charge < -0.3 is 9.88 Å². The number of benzene rings is 2. The standard InChI is InChI=1S/C21H22N2O/c1-3-4-13-23-20(15-9-5-6-10-16(15)21(23)24)19-14(2)22-18-12-8-7-11-17(18)19/h5-12,20,22H,3-4,13H2,1-2H3/t20-/m1/s1. The molecule has 0 aliphatic carbocycles. The molecule has 2 aromatic carbocycles. The van der Waals surface area contributed by atoms with Gasteiger partial charge in [-0.1, -0.05) is 49.7 Å². The molecule has 0 fully saturated rings. The van der Waals surface area contributed by atoms with E-state index in [9.17, 15) is 4.79 Å². The minimum atomic E-state index is 0.0106. The number of carbonyl (C=O) groups is 1. The highest BCUT2D eigenvalue weighted by atomic mass is 16.2. The molecule has 0 unspecified atom stereocenters. The lowest BCUT2D eigenvalue weighted by molar-refractivity contribution is 0.0748. The van der Waals surface area contributed by atoms with Crippen LogP contribution < -0.4 is 0 Å². The fourth-order valence-electron chi connectivity index (χ4n) is 3.89. The molecule has 122 valence electrons. The van der Waals surface area contributed by atoms with Gasteiger partial charge in [0.15, 0.2) is 0 Å². The summed E-state index contributed by atoms with van der Waals surface area (Å²) in [5.74, 6) is 0.161. The van der Waals surface area contributed by atoms with Crippen molar-refractivity contribution in [3.8, 4) is 0 Å². The number of carbonyl (C=O) groups excluding carboxylic acids is 1. The minimum Gasteiger partial charge on any atom is -0.358 e. The summed E-state index contributed by atoms with van der Waals surface area (Å²) in [6, 6.07) is 16.4. The number of aromatic nitrogens is 1. The number of unbranched alkanes of at least 4 members (excludes halogenated alkanes) is 1. The van der Waals surface area contributed by atoms with Crippen molar-refractivity contribution in [1.29, 1.82) is 0 Å². The fraction of sp³-hybridized carbons (Fsp3) is 0.286. The molecular formula is C21H22N2O. The number of hydrogen-bond donors (Lipinski definition) is 1. The largest absolute Gasteiger partial charge is 0.358 e. The number of aryl methyl sites for hydroxylation is 1. The van der Waals surface area contributed by atoms with E-state index in [0.29, 0.717) is 0 Å². The molecule has 1 aliphatic rings. The van der Waals surface area contributed by atoms with E-state index in [-0.39, 0.29) is 11.9 Å². The van der Waals surface area contributed by atoms with Gasteiger partial charge in [0, 0.05) is 34.3 Å². The van der Waals surface area contributed by atoms with Crippen molar-refractivity contribution in [1.82, 2.24) is 9.88 Å². The first-order valence-electron chi connectivity index (χ1n) is 8.69. The molecule has 0 spiro atoms. The van der Waals surface area contributed by atoms with Gasteiger partial charge in [0.25, 0.3) is 5.91 Å². The van der Waals surface area contributed by atoms with Crippen LogP contribution in [-0.2, 0) is 0 Å². The second kappa shape index (κ2) is 5.82. The SMILES string of the molecule is CCCCN1C(=O)c2ccccc2[C@@H]1c1c(C)[nH]c2ccccc12. The highest BCUT2D eigenvalue weighted by Crippen LogP contribution is 2.42. The van der Waals surface area contributed by atoms with Crippen LogP contribution in [0.1, 0.15) is 53.0 Å². The van der Waals surface area contributed by atoms with Crippen LogP contribution in [0.2, 0.25) is 0 Å². The topological polar surface area (TPSA) is 36.1 Å². The van der Waals surface area contributed by atoms with Gasteiger partial charge in [0.05, 0.1) is 6.04 Å². The Morgan fingerprint density at radius 3 is 2.67 bits per heavy atom. The molecule has 1 N–H and O–H groups in total. The Bertz CT molecular complexity index is 909. The van der Waals surface area contributed by atoms with E-state index >= 15 is 0 Å². The van der Waals surface area contributed by atoms with Crippen molar-refractivity contribution >= 4 is 16.8 Å². The normalized spacial score (nSPS) is 16.8. The van der Waals surface area contributed by atoms with Gasteiger partial charge in [0.2, 0.25) is 0 Å². The van der Waals surface area contributed by atoms with Crippen LogP contribution >= 0.6 is 0 Å². The molecule has 2 heterocycles. The molecule has 3 nitrogen and oxygen atoms in total. The zero-order valence-electron chi connectivity index (χ0n) is 14.2. The van der Waals surface area contributed by atoms with Crippen LogP contribution in [0.4, 0.5) is 0 Å². The highest BCUT2D eigenvalue weighted by Gasteiger charge is 2.38. The molecular weight excluding hydrogens is 296 g/mol.